The Balaban J connectivity index is 1.82. The first-order valence-corrected chi connectivity index (χ1v) is 5.77. The van der Waals surface area contributed by atoms with Gasteiger partial charge in [-0.25, -0.2) is 4.79 Å². The summed E-state index contributed by atoms with van der Waals surface area (Å²) >= 11 is 0. The standard InChI is InChI=1S/C13H11NO5/c15-13(16)12-5-11(14-19-12)8-2-1-3-9(4-8)18-10-6-17-7-10/h1-5,10H,6-7H2,(H,15,16). The van der Waals surface area contributed by atoms with Gasteiger partial charge in [0.25, 0.3) is 0 Å². The van der Waals surface area contributed by atoms with Crippen LogP contribution in [-0.4, -0.2) is 35.6 Å². The first kappa shape index (κ1) is 11.7. The molecule has 0 bridgehead atoms. The maximum Gasteiger partial charge on any atom is 0.374 e. The molecule has 0 aliphatic carbocycles. The number of carbonyl (C=O) groups is 1. The predicted molar refractivity (Wildman–Crippen MR) is 64.1 cm³/mol. The monoisotopic (exact) mass is 261 g/mol. The Morgan fingerprint density at radius 3 is 2.84 bits per heavy atom. The molecular formula is C13H11NO5. The summed E-state index contributed by atoms with van der Waals surface area (Å²) in [5, 5.41) is 12.5. The molecule has 1 aromatic heterocycles. The van der Waals surface area contributed by atoms with Crippen LogP contribution in [0.25, 0.3) is 11.3 Å². The fourth-order valence-electron chi connectivity index (χ4n) is 1.72. The summed E-state index contributed by atoms with van der Waals surface area (Å²) in [7, 11) is 0. The average molecular weight is 261 g/mol. The first-order valence-electron chi connectivity index (χ1n) is 5.77. The van der Waals surface area contributed by atoms with Gasteiger partial charge >= 0.3 is 5.97 Å². The SMILES string of the molecule is O=C(O)c1cc(-c2cccc(OC3COC3)c2)no1. The van der Waals surface area contributed by atoms with Crippen molar-refractivity contribution in [2.75, 3.05) is 13.2 Å². The number of aromatic carboxylic acids is 1. The molecule has 98 valence electrons. The van der Waals surface area contributed by atoms with E-state index in [4.69, 9.17) is 19.1 Å². The van der Waals surface area contributed by atoms with Gasteiger partial charge in [-0.3, -0.25) is 0 Å². The second kappa shape index (κ2) is 4.74. The Bertz CT molecular complexity index is 603. The van der Waals surface area contributed by atoms with Crippen LogP contribution in [0.5, 0.6) is 5.75 Å². The number of hydrogen-bond acceptors (Lipinski definition) is 5. The zero-order valence-corrected chi connectivity index (χ0v) is 9.91. The molecule has 0 amide bonds. The summed E-state index contributed by atoms with van der Waals surface area (Å²) in [4.78, 5) is 10.7. The van der Waals surface area contributed by atoms with Crippen molar-refractivity contribution < 1.29 is 23.9 Å². The highest BCUT2D eigenvalue weighted by atomic mass is 16.6. The molecule has 1 N–H and O–H groups in total. The Morgan fingerprint density at radius 1 is 1.37 bits per heavy atom. The Hall–Kier alpha value is -2.34. The molecule has 2 aromatic rings. The second-order valence-electron chi connectivity index (χ2n) is 4.19. The maximum atomic E-state index is 10.7. The number of benzene rings is 1. The van der Waals surface area contributed by atoms with E-state index >= 15 is 0 Å². The molecule has 0 radical (unpaired) electrons. The Kier molecular flexibility index (Phi) is 2.92. The quantitative estimate of drug-likeness (QED) is 0.904. The highest BCUT2D eigenvalue weighted by Crippen LogP contribution is 2.25. The number of aromatic nitrogens is 1. The summed E-state index contributed by atoms with van der Waals surface area (Å²) < 4.78 is 15.4. The van der Waals surface area contributed by atoms with Crippen LogP contribution in [0.1, 0.15) is 10.6 Å². The van der Waals surface area contributed by atoms with Gasteiger partial charge in [0.1, 0.15) is 17.5 Å². The van der Waals surface area contributed by atoms with Gasteiger partial charge in [-0.1, -0.05) is 17.3 Å². The van der Waals surface area contributed by atoms with Crippen LogP contribution in [0.4, 0.5) is 0 Å². The minimum Gasteiger partial charge on any atom is -0.486 e. The molecule has 3 rings (SSSR count). The lowest BCUT2D eigenvalue weighted by Gasteiger charge is -2.26. The van der Waals surface area contributed by atoms with Gasteiger partial charge in [-0.2, -0.15) is 0 Å². The zero-order chi connectivity index (χ0) is 13.2. The third-order valence-electron chi connectivity index (χ3n) is 2.76. The van der Waals surface area contributed by atoms with Crippen LogP contribution in [0.2, 0.25) is 0 Å². The summed E-state index contributed by atoms with van der Waals surface area (Å²) in [6.07, 6.45) is 0.0853. The van der Waals surface area contributed by atoms with Gasteiger partial charge in [0.05, 0.1) is 13.2 Å². The van der Waals surface area contributed by atoms with Crippen LogP contribution in [0, 0.1) is 0 Å². The molecule has 1 saturated heterocycles. The summed E-state index contributed by atoms with van der Waals surface area (Å²) in [5.41, 5.74) is 1.21. The van der Waals surface area contributed by atoms with E-state index in [0.29, 0.717) is 24.7 Å². The summed E-state index contributed by atoms with van der Waals surface area (Å²) in [6, 6.07) is 8.64. The molecule has 1 aliphatic heterocycles. The van der Waals surface area contributed by atoms with Crippen molar-refractivity contribution in [2.45, 2.75) is 6.10 Å². The molecule has 1 aliphatic rings. The smallest absolute Gasteiger partial charge is 0.374 e. The number of carboxylic acid groups (broad SMARTS) is 1. The molecule has 6 heteroatoms. The van der Waals surface area contributed by atoms with Gasteiger partial charge in [0, 0.05) is 11.6 Å². The van der Waals surface area contributed by atoms with Crippen molar-refractivity contribution in [3.05, 3.63) is 36.1 Å². The molecule has 1 fully saturated rings. The molecule has 6 nitrogen and oxygen atoms in total. The number of carboxylic acids is 1. The van der Waals surface area contributed by atoms with E-state index in [1.54, 1.807) is 6.07 Å². The van der Waals surface area contributed by atoms with Crippen molar-refractivity contribution in [1.29, 1.82) is 0 Å². The lowest BCUT2D eigenvalue weighted by molar-refractivity contribution is -0.0796. The number of ether oxygens (including phenoxy) is 2. The van der Waals surface area contributed by atoms with Gasteiger partial charge in [-0.05, 0) is 12.1 Å². The topological polar surface area (TPSA) is 81.8 Å². The molecule has 0 atom stereocenters. The molecular weight excluding hydrogens is 250 g/mol. The summed E-state index contributed by atoms with van der Waals surface area (Å²) in [6.45, 7) is 1.19. The summed E-state index contributed by atoms with van der Waals surface area (Å²) in [5.74, 6) is -0.628. The van der Waals surface area contributed by atoms with Crippen molar-refractivity contribution >= 4 is 5.97 Å². The van der Waals surface area contributed by atoms with Gasteiger partial charge in [0.2, 0.25) is 5.76 Å². The van der Waals surface area contributed by atoms with Crippen molar-refractivity contribution in [1.82, 2.24) is 5.16 Å². The molecule has 0 unspecified atom stereocenters. The molecule has 19 heavy (non-hydrogen) atoms. The predicted octanol–water partition coefficient (Wildman–Crippen LogP) is 1.82. The second-order valence-corrected chi connectivity index (χ2v) is 4.19. The largest absolute Gasteiger partial charge is 0.486 e. The van der Waals surface area contributed by atoms with Crippen LogP contribution in [0.3, 0.4) is 0 Å². The minimum atomic E-state index is -1.14. The van der Waals surface area contributed by atoms with Gasteiger partial charge in [-0.15, -0.1) is 0 Å². The average Bonchev–Trinajstić information content (AvgIpc) is 2.84. The number of nitrogens with zero attached hydrogens (tertiary/aromatic N) is 1. The Labute approximate surface area is 108 Å². The highest BCUT2D eigenvalue weighted by molar-refractivity contribution is 5.85. The third kappa shape index (κ3) is 2.43. The van der Waals surface area contributed by atoms with Crippen molar-refractivity contribution in [3.8, 4) is 17.0 Å². The fourth-order valence-corrected chi connectivity index (χ4v) is 1.72. The van der Waals surface area contributed by atoms with Crippen LogP contribution >= 0.6 is 0 Å². The molecule has 2 heterocycles. The van der Waals surface area contributed by atoms with E-state index in [9.17, 15) is 4.79 Å². The van der Waals surface area contributed by atoms with Gasteiger partial charge < -0.3 is 19.1 Å². The van der Waals surface area contributed by atoms with E-state index in [1.165, 1.54) is 6.07 Å². The minimum absolute atomic E-state index is 0.0853. The van der Waals surface area contributed by atoms with E-state index in [1.807, 2.05) is 18.2 Å². The maximum absolute atomic E-state index is 10.7. The van der Waals surface area contributed by atoms with E-state index in [2.05, 4.69) is 5.16 Å². The van der Waals surface area contributed by atoms with Crippen LogP contribution in [0.15, 0.2) is 34.9 Å². The third-order valence-corrected chi connectivity index (χ3v) is 2.76. The lowest BCUT2D eigenvalue weighted by Crippen LogP contribution is -2.38. The van der Waals surface area contributed by atoms with E-state index in [-0.39, 0.29) is 11.9 Å². The first-order chi connectivity index (χ1) is 9.22. The van der Waals surface area contributed by atoms with Crippen LogP contribution in [-0.2, 0) is 4.74 Å². The number of hydrogen-bond donors (Lipinski definition) is 1. The Morgan fingerprint density at radius 2 is 2.21 bits per heavy atom. The van der Waals surface area contributed by atoms with E-state index < -0.39 is 5.97 Å². The highest BCUT2D eigenvalue weighted by Gasteiger charge is 2.20. The zero-order valence-electron chi connectivity index (χ0n) is 9.91. The van der Waals surface area contributed by atoms with E-state index in [0.717, 1.165) is 5.56 Å². The van der Waals surface area contributed by atoms with Crippen molar-refractivity contribution in [3.63, 3.8) is 0 Å². The van der Waals surface area contributed by atoms with Crippen LogP contribution < -0.4 is 4.74 Å². The fraction of sp³-hybridized carbons (Fsp3) is 0.231. The van der Waals surface area contributed by atoms with Gasteiger partial charge in [0.15, 0.2) is 0 Å². The van der Waals surface area contributed by atoms with Crippen molar-refractivity contribution in [2.24, 2.45) is 0 Å². The molecule has 0 spiro atoms. The molecule has 1 aromatic carbocycles. The number of rotatable bonds is 4. The normalized spacial score (nSPS) is 14.9. The lowest BCUT2D eigenvalue weighted by atomic mass is 10.1. The molecule has 0 saturated carbocycles.